The summed E-state index contributed by atoms with van der Waals surface area (Å²) in [5.41, 5.74) is 3.23. The zero-order chi connectivity index (χ0) is 16.0. The highest BCUT2D eigenvalue weighted by Crippen LogP contribution is 2.34. The van der Waals surface area contributed by atoms with E-state index in [1.807, 2.05) is 26.1 Å². The smallest absolute Gasteiger partial charge is 0.226 e. The van der Waals surface area contributed by atoms with Crippen molar-refractivity contribution < 1.29 is 0 Å². The van der Waals surface area contributed by atoms with E-state index in [0.29, 0.717) is 12.1 Å². The molecule has 0 aromatic carbocycles. The summed E-state index contributed by atoms with van der Waals surface area (Å²) in [5.74, 6) is 0.899. The first-order chi connectivity index (χ1) is 11.1. The van der Waals surface area contributed by atoms with Gasteiger partial charge < -0.3 is 4.90 Å². The third-order valence-electron chi connectivity index (χ3n) is 4.74. The molecule has 2 aromatic heterocycles. The second kappa shape index (κ2) is 5.83. The highest BCUT2D eigenvalue weighted by Gasteiger charge is 2.44. The SMILES string of the molecule is Cc1cc(C)nc(N2CC3CC2CN3Cc2ccc(Br)cn2)n1. The maximum absolute atomic E-state index is 4.63. The molecule has 0 radical (unpaired) electrons. The van der Waals surface area contributed by atoms with Crippen LogP contribution in [0.25, 0.3) is 0 Å². The van der Waals surface area contributed by atoms with E-state index >= 15 is 0 Å². The number of piperazine rings is 1. The summed E-state index contributed by atoms with van der Waals surface area (Å²) in [6.45, 7) is 7.09. The minimum Gasteiger partial charge on any atom is -0.335 e. The summed E-state index contributed by atoms with van der Waals surface area (Å²) in [7, 11) is 0. The standard InChI is InChI=1S/C17H20BrN5/c1-11-5-12(2)21-17(20-11)23-10-15-6-16(23)9-22(15)8-14-4-3-13(18)7-19-14/h3-5,7,15-16H,6,8-10H2,1-2H3. The zero-order valence-corrected chi connectivity index (χ0v) is 15.0. The molecule has 2 saturated heterocycles. The molecule has 4 rings (SSSR count). The maximum atomic E-state index is 4.63. The lowest BCUT2D eigenvalue weighted by Crippen LogP contribution is -2.46. The van der Waals surface area contributed by atoms with Crippen LogP contribution in [0.5, 0.6) is 0 Å². The highest BCUT2D eigenvalue weighted by atomic mass is 79.9. The summed E-state index contributed by atoms with van der Waals surface area (Å²) in [6.07, 6.45) is 3.08. The zero-order valence-electron chi connectivity index (χ0n) is 13.4. The van der Waals surface area contributed by atoms with Crippen molar-refractivity contribution in [2.75, 3.05) is 18.0 Å². The van der Waals surface area contributed by atoms with Gasteiger partial charge >= 0.3 is 0 Å². The highest BCUT2D eigenvalue weighted by molar-refractivity contribution is 9.10. The van der Waals surface area contributed by atoms with Gasteiger partial charge in [0, 0.05) is 53.8 Å². The Hall–Kier alpha value is -1.53. The summed E-state index contributed by atoms with van der Waals surface area (Å²) in [6, 6.07) is 7.29. The summed E-state index contributed by atoms with van der Waals surface area (Å²) < 4.78 is 1.03. The Bertz CT molecular complexity index is 697. The van der Waals surface area contributed by atoms with Gasteiger partial charge in [0.2, 0.25) is 5.95 Å². The van der Waals surface area contributed by atoms with Gasteiger partial charge in [0.05, 0.1) is 5.69 Å². The van der Waals surface area contributed by atoms with Crippen LogP contribution in [0, 0.1) is 13.8 Å². The molecule has 2 aliphatic rings. The molecule has 5 nitrogen and oxygen atoms in total. The fraction of sp³-hybridized carbons (Fsp3) is 0.471. The van der Waals surface area contributed by atoms with Crippen molar-refractivity contribution in [1.29, 1.82) is 0 Å². The second-order valence-electron chi connectivity index (χ2n) is 6.54. The molecule has 120 valence electrons. The maximum Gasteiger partial charge on any atom is 0.226 e. The number of likely N-dealkylation sites (tertiary alicyclic amines) is 1. The van der Waals surface area contributed by atoms with Gasteiger partial charge in [-0.25, -0.2) is 9.97 Å². The molecule has 6 heteroatoms. The van der Waals surface area contributed by atoms with Crippen molar-refractivity contribution in [3.05, 3.63) is 46.0 Å². The van der Waals surface area contributed by atoms with E-state index in [1.54, 1.807) is 0 Å². The lowest BCUT2D eigenvalue weighted by atomic mass is 10.2. The van der Waals surface area contributed by atoms with Gasteiger partial charge in [0.1, 0.15) is 0 Å². The van der Waals surface area contributed by atoms with Gasteiger partial charge in [-0.05, 0) is 54.4 Å². The summed E-state index contributed by atoms with van der Waals surface area (Å²) in [4.78, 5) is 18.7. The van der Waals surface area contributed by atoms with Crippen LogP contribution < -0.4 is 4.90 Å². The number of halogens is 1. The van der Waals surface area contributed by atoms with Crippen molar-refractivity contribution >= 4 is 21.9 Å². The lowest BCUT2D eigenvalue weighted by molar-refractivity contribution is 0.227. The molecule has 0 saturated carbocycles. The van der Waals surface area contributed by atoms with E-state index in [-0.39, 0.29) is 0 Å². The average Bonchev–Trinajstić information content (AvgIpc) is 3.08. The molecule has 23 heavy (non-hydrogen) atoms. The Balaban J connectivity index is 1.46. The predicted molar refractivity (Wildman–Crippen MR) is 93.4 cm³/mol. The minimum absolute atomic E-state index is 0.525. The molecule has 2 aromatic rings. The first-order valence-electron chi connectivity index (χ1n) is 8.02. The van der Waals surface area contributed by atoms with Crippen molar-refractivity contribution in [2.45, 2.75) is 38.9 Å². The Kier molecular flexibility index (Phi) is 3.81. The summed E-state index contributed by atoms with van der Waals surface area (Å²) in [5, 5.41) is 0. The Morgan fingerprint density at radius 1 is 1.13 bits per heavy atom. The second-order valence-corrected chi connectivity index (χ2v) is 7.46. The fourth-order valence-corrected chi connectivity index (χ4v) is 3.97. The van der Waals surface area contributed by atoms with E-state index in [1.165, 1.54) is 6.42 Å². The van der Waals surface area contributed by atoms with E-state index in [4.69, 9.17) is 0 Å². The molecule has 0 N–H and O–H groups in total. The van der Waals surface area contributed by atoms with Crippen LogP contribution in [-0.4, -0.2) is 45.0 Å². The number of rotatable bonds is 3. The molecule has 4 heterocycles. The Morgan fingerprint density at radius 2 is 1.91 bits per heavy atom. The molecule has 2 unspecified atom stereocenters. The van der Waals surface area contributed by atoms with E-state index in [9.17, 15) is 0 Å². The van der Waals surface area contributed by atoms with Gasteiger partial charge in [-0.3, -0.25) is 9.88 Å². The van der Waals surface area contributed by atoms with Crippen molar-refractivity contribution in [3.8, 4) is 0 Å². The van der Waals surface area contributed by atoms with E-state index in [2.05, 4.69) is 52.8 Å². The van der Waals surface area contributed by atoms with E-state index < -0.39 is 0 Å². The normalized spacial score (nSPS) is 23.7. The third-order valence-corrected chi connectivity index (χ3v) is 5.20. The van der Waals surface area contributed by atoms with Crippen LogP contribution in [0.2, 0.25) is 0 Å². The van der Waals surface area contributed by atoms with E-state index in [0.717, 1.165) is 47.1 Å². The molecule has 0 spiro atoms. The van der Waals surface area contributed by atoms with Gasteiger partial charge in [0.15, 0.2) is 0 Å². The average molecular weight is 374 g/mol. The molecular weight excluding hydrogens is 354 g/mol. The van der Waals surface area contributed by atoms with Gasteiger partial charge in [0.25, 0.3) is 0 Å². The molecular formula is C17H20BrN5. The number of anilines is 1. The molecule has 2 atom stereocenters. The number of hydrogen-bond donors (Lipinski definition) is 0. The number of fused-ring (bicyclic) bond motifs is 2. The Labute approximate surface area is 144 Å². The predicted octanol–water partition coefficient (Wildman–Crippen LogP) is 2.71. The lowest BCUT2D eigenvalue weighted by Gasteiger charge is -2.34. The van der Waals surface area contributed by atoms with Gasteiger partial charge in [-0.1, -0.05) is 0 Å². The number of hydrogen-bond acceptors (Lipinski definition) is 5. The first-order valence-corrected chi connectivity index (χ1v) is 8.81. The van der Waals surface area contributed by atoms with Crippen LogP contribution in [0.1, 0.15) is 23.5 Å². The third kappa shape index (κ3) is 2.97. The van der Waals surface area contributed by atoms with Crippen molar-refractivity contribution in [3.63, 3.8) is 0 Å². The number of aryl methyl sites for hydroxylation is 2. The minimum atomic E-state index is 0.525. The first kappa shape index (κ1) is 15.0. The molecule has 2 bridgehead atoms. The van der Waals surface area contributed by atoms with Crippen LogP contribution in [0.4, 0.5) is 5.95 Å². The largest absolute Gasteiger partial charge is 0.335 e. The molecule has 0 aliphatic carbocycles. The van der Waals surface area contributed by atoms with Crippen LogP contribution in [-0.2, 0) is 6.54 Å². The number of aromatic nitrogens is 3. The van der Waals surface area contributed by atoms with Crippen LogP contribution >= 0.6 is 15.9 Å². The van der Waals surface area contributed by atoms with Crippen molar-refractivity contribution in [2.24, 2.45) is 0 Å². The molecule has 0 amide bonds. The van der Waals surface area contributed by atoms with Crippen LogP contribution in [0.15, 0.2) is 28.9 Å². The molecule has 2 aliphatic heterocycles. The monoisotopic (exact) mass is 373 g/mol. The van der Waals surface area contributed by atoms with Gasteiger partial charge in [-0.15, -0.1) is 0 Å². The van der Waals surface area contributed by atoms with Gasteiger partial charge in [-0.2, -0.15) is 0 Å². The molecule has 2 fully saturated rings. The van der Waals surface area contributed by atoms with Crippen LogP contribution in [0.3, 0.4) is 0 Å². The topological polar surface area (TPSA) is 45.2 Å². The van der Waals surface area contributed by atoms with Crippen molar-refractivity contribution in [1.82, 2.24) is 19.9 Å². The Morgan fingerprint density at radius 3 is 2.52 bits per heavy atom. The number of pyridine rings is 1. The quantitative estimate of drug-likeness (QED) is 0.827. The summed E-state index contributed by atoms with van der Waals surface area (Å²) >= 11 is 3.44. The fourth-order valence-electron chi connectivity index (χ4n) is 3.73. The number of nitrogens with zero attached hydrogens (tertiary/aromatic N) is 5.